The number of carbonyl (C=O) groups excluding carboxylic acids is 2. The molecule has 28 heavy (non-hydrogen) atoms. The highest BCUT2D eigenvalue weighted by Crippen LogP contribution is 2.35. The molecule has 0 spiro atoms. The molecule has 3 rings (SSSR count). The number of amides is 2. The zero-order chi connectivity index (χ0) is 20.3. The number of thiophene rings is 1. The second kappa shape index (κ2) is 8.63. The summed E-state index contributed by atoms with van der Waals surface area (Å²) in [6.07, 6.45) is 0. The van der Waals surface area contributed by atoms with Crippen LogP contribution >= 0.6 is 22.9 Å². The average molecular weight is 417 g/mol. The largest absolute Gasteiger partial charge is 0.496 e. The summed E-state index contributed by atoms with van der Waals surface area (Å²) in [7, 11) is 1.59. The molecule has 2 aromatic carbocycles. The maximum atomic E-state index is 12.5. The van der Waals surface area contributed by atoms with Crippen LogP contribution in [-0.2, 0) is 4.79 Å². The number of hydrogen-bond donors (Lipinski definition) is 2. The minimum Gasteiger partial charge on any atom is -0.496 e. The number of hydrogen-bond acceptors (Lipinski definition) is 4. The van der Waals surface area contributed by atoms with Crippen molar-refractivity contribution < 1.29 is 14.3 Å². The zero-order valence-electron chi connectivity index (χ0n) is 15.8. The Morgan fingerprint density at radius 2 is 1.96 bits per heavy atom. The van der Waals surface area contributed by atoms with Gasteiger partial charge in [-0.05, 0) is 26.0 Å². The molecular formula is C21H21ClN2O3S. The van der Waals surface area contributed by atoms with E-state index in [1.165, 1.54) is 11.3 Å². The van der Waals surface area contributed by atoms with E-state index in [1.807, 2.05) is 56.3 Å². The quantitative estimate of drug-likeness (QED) is 0.622. The molecule has 0 unspecified atom stereocenters. The molecule has 2 amide bonds. The second-order valence-corrected chi connectivity index (χ2v) is 7.89. The summed E-state index contributed by atoms with van der Waals surface area (Å²) < 4.78 is 6.30. The molecule has 0 aliphatic rings. The van der Waals surface area contributed by atoms with Crippen LogP contribution in [0, 0.1) is 6.92 Å². The topological polar surface area (TPSA) is 67.4 Å². The van der Waals surface area contributed by atoms with Crippen LogP contribution in [0.1, 0.15) is 33.8 Å². The standard InChI is InChI=1S/C21H21ClN2O3S/c1-12-8-9-16(27-3)15(10-12)13(2)24-18(25)11-23-21(26)20-19(22)14-6-4-5-7-17(14)28-20/h4-10,13H,11H2,1-3H3,(H,23,26)(H,24,25)/t13-/m1/s1. The van der Waals surface area contributed by atoms with Gasteiger partial charge in [-0.15, -0.1) is 11.3 Å². The van der Waals surface area contributed by atoms with Crippen molar-refractivity contribution >= 4 is 44.8 Å². The van der Waals surface area contributed by atoms with Crippen LogP contribution < -0.4 is 15.4 Å². The third kappa shape index (κ3) is 4.29. The van der Waals surface area contributed by atoms with Gasteiger partial charge >= 0.3 is 0 Å². The number of rotatable bonds is 6. The van der Waals surface area contributed by atoms with Crippen LogP contribution in [0.3, 0.4) is 0 Å². The number of benzene rings is 2. The van der Waals surface area contributed by atoms with Crippen LogP contribution in [0.5, 0.6) is 5.75 Å². The summed E-state index contributed by atoms with van der Waals surface area (Å²) in [4.78, 5) is 25.2. The van der Waals surface area contributed by atoms with Gasteiger partial charge in [0.15, 0.2) is 0 Å². The first kappa shape index (κ1) is 20.2. The van der Waals surface area contributed by atoms with Crippen molar-refractivity contribution in [1.82, 2.24) is 10.6 Å². The lowest BCUT2D eigenvalue weighted by molar-refractivity contribution is -0.120. The molecule has 5 nitrogen and oxygen atoms in total. The molecule has 7 heteroatoms. The van der Waals surface area contributed by atoms with E-state index in [0.717, 1.165) is 21.2 Å². The van der Waals surface area contributed by atoms with Crippen LogP contribution in [0.15, 0.2) is 42.5 Å². The van der Waals surface area contributed by atoms with Crippen molar-refractivity contribution in [2.75, 3.05) is 13.7 Å². The van der Waals surface area contributed by atoms with E-state index in [0.29, 0.717) is 15.6 Å². The van der Waals surface area contributed by atoms with Gasteiger partial charge in [0.1, 0.15) is 10.6 Å². The first-order valence-electron chi connectivity index (χ1n) is 8.80. The molecule has 1 atom stereocenters. The fourth-order valence-corrected chi connectivity index (χ4v) is 4.40. The van der Waals surface area contributed by atoms with Gasteiger partial charge in [0.05, 0.1) is 24.7 Å². The minimum absolute atomic E-state index is 0.137. The van der Waals surface area contributed by atoms with Gasteiger partial charge in [-0.25, -0.2) is 0 Å². The summed E-state index contributed by atoms with van der Waals surface area (Å²) in [6.45, 7) is 3.72. The van der Waals surface area contributed by atoms with Gasteiger partial charge in [0.2, 0.25) is 5.91 Å². The second-order valence-electron chi connectivity index (χ2n) is 6.46. The Morgan fingerprint density at radius 3 is 2.68 bits per heavy atom. The first-order chi connectivity index (χ1) is 13.4. The summed E-state index contributed by atoms with van der Waals surface area (Å²) >= 11 is 7.62. The lowest BCUT2D eigenvalue weighted by atomic mass is 10.0. The number of nitrogens with one attached hydrogen (secondary N) is 2. The summed E-state index contributed by atoms with van der Waals surface area (Å²) in [5.74, 6) is 0.0586. The number of fused-ring (bicyclic) bond motifs is 1. The van der Waals surface area contributed by atoms with E-state index >= 15 is 0 Å². The van der Waals surface area contributed by atoms with E-state index < -0.39 is 0 Å². The first-order valence-corrected chi connectivity index (χ1v) is 9.99. The predicted molar refractivity (Wildman–Crippen MR) is 113 cm³/mol. The Bertz CT molecular complexity index is 1030. The Kier molecular flexibility index (Phi) is 6.21. The molecule has 0 aliphatic heterocycles. The molecule has 3 aromatic rings. The van der Waals surface area contributed by atoms with Crippen LogP contribution in [-0.4, -0.2) is 25.5 Å². The van der Waals surface area contributed by atoms with Crippen LogP contribution in [0.2, 0.25) is 5.02 Å². The van der Waals surface area contributed by atoms with Crippen molar-refractivity contribution in [3.63, 3.8) is 0 Å². The molecule has 146 valence electrons. The maximum absolute atomic E-state index is 12.5. The van der Waals surface area contributed by atoms with Gasteiger partial charge in [-0.1, -0.05) is 47.5 Å². The molecule has 1 aromatic heterocycles. The van der Waals surface area contributed by atoms with Gasteiger partial charge < -0.3 is 15.4 Å². The Hall–Kier alpha value is -2.57. The molecule has 0 fully saturated rings. The highest BCUT2D eigenvalue weighted by atomic mass is 35.5. The molecule has 0 aliphatic carbocycles. The van der Waals surface area contributed by atoms with Crippen LogP contribution in [0.4, 0.5) is 0 Å². The highest BCUT2D eigenvalue weighted by molar-refractivity contribution is 7.21. The van der Waals surface area contributed by atoms with Crippen molar-refractivity contribution in [2.45, 2.75) is 19.9 Å². The Morgan fingerprint density at radius 1 is 1.21 bits per heavy atom. The summed E-state index contributed by atoms with van der Waals surface area (Å²) in [6, 6.07) is 13.1. The zero-order valence-corrected chi connectivity index (χ0v) is 17.4. The number of ether oxygens (including phenoxy) is 1. The summed E-state index contributed by atoms with van der Waals surface area (Å²) in [5.41, 5.74) is 1.96. The van der Waals surface area contributed by atoms with Crippen molar-refractivity contribution in [3.8, 4) is 5.75 Å². The SMILES string of the molecule is COc1ccc(C)cc1[C@@H](C)NC(=O)CNC(=O)c1sc2ccccc2c1Cl. The molecule has 2 N–H and O–H groups in total. The van der Waals surface area contributed by atoms with E-state index in [4.69, 9.17) is 16.3 Å². The van der Waals surface area contributed by atoms with E-state index in [2.05, 4.69) is 10.6 Å². The van der Waals surface area contributed by atoms with Gasteiger partial charge in [0.25, 0.3) is 5.91 Å². The molecule has 0 bridgehead atoms. The smallest absolute Gasteiger partial charge is 0.263 e. The fraction of sp³-hybridized carbons (Fsp3) is 0.238. The monoisotopic (exact) mass is 416 g/mol. The number of carbonyl (C=O) groups is 2. The van der Waals surface area contributed by atoms with Crippen molar-refractivity contribution in [2.24, 2.45) is 0 Å². The number of halogens is 1. The number of aryl methyl sites for hydroxylation is 1. The Balaban J connectivity index is 1.63. The summed E-state index contributed by atoms with van der Waals surface area (Å²) in [5, 5.41) is 6.77. The lowest BCUT2D eigenvalue weighted by Crippen LogP contribution is -2.38. The van der Waals surface area contributed by atoms with Crippen molar-refractivity contribution in [1.29, 1.82) is 0 Å². The molecule has 0 saturated carbocycles. The van der Waals surface area contributed by atoms with Crippen molar-refractivity contribution in [3.05, 3.63) is 63.5 Å². The highest BCUT2D eigenvalue weighted by Gasteiger charge is 2.19. The van der Waals surface area contributed by atoms with E-state index in [9.17, 15) is 9.59 Å². The molecule has 0 radical (unpaired) electrons. The third-order valence-corrected chi connectivity index (χ3v) is 6.05. The molecule has 1 heterocycles. The lowest BCUT2D eigenvalue weighted by Gasteiger charge is -2.18. The number of methoxy groups -OCH3 is 1. The normalized spacial score (nSPS) is 11.9. The predicted octanol–water partition coefficient (Wildman–Crippen LogP) is 4.48. The van der Waals surface area contributed by atoms with E-state index in [-0.39, 0.29) is 24.4 Å². The fourth-order valence-electron chi connectivity index (χ4n) is 2.96. The van der Waals surface area contributed by atoms with E-state index in [1.54, 1.807) is 7.11 Å². The van der Waals surface area contributed by atoms with Gasteiger partial charge in [0, 0.05) is 15.6 Å². The molecule has 0 saturated heterocycles. The maximum Gasteiger partial charge on any atom is 0.263 e. The molecular weight excluding hydrogens is 396 g/mol. The third-order valence-electron chi connectivity index (χ3n) is 4.38. The van der Waals surface area contributed by atoms with Gasteiger partial charge in [-0.2, -0.15) is 0 Å². The Labute approximate surface area is 172 Å². The minimum atomic E-state index is -0.359. The average Bonchev–Trinajstić information content (AvgIpc) is 3.03. The van der Waals surface area contributed by atoms with Crippen LogP contribution in [0.25, 0.3) is 10.1 Å². The van der Waals surface area contributed by atoms with Gasteiger partial charge in [-0.3, -0.25) is 9.59 Å².